The van der Waals surface area contributed by atoms with Crippen LogP contribution in [0.25, 0.3) is 0 Å². The van der Waals surface area contributed by atoms with Crippen molar-refractivity contribution < 1.29 is 18.6 Å². The van der Waals surface area contributed by atoms with Gasteiger partial charge in [-0.1, -0.05) is 24.0 Å². The molecular formula is C21H19FN2O3. The lowest BCUT2D eigenvalue weighted by Gasteiger charge is -2.08. The molecule has 1 heterocycles. The van der Waals surface area contributed by atoms with Crippen LogP contribution in [0.2, 0.25) is 0 Å². The summed E-state index contributed by atoms with van der Waals surface area (Å²) < 4.78 is 31.2. The van der Waals surface area contributed by atoms with Crippen LogP contribution in [0.4, 0.5) is 4.39 Å². The maximum absolute atomic E-state index is 14.2. The smallest absolute Gasteiger partial charge is 0.208 e. The lowest BCUT2D eigenvalue weighted by molar-refractivity contribution is 0.350. The highest BCUT2D eigenvalue weighted by molar-refractivity contribution is 5.53. The average Bonchev–Trinajstić information content (AvgIpc) is 3.14. The summed E-state index contributed by atoms with van der Waals surface area (Å²) in [5.41, 5.74) is 2.26. The molecule has 1 aromatic heterocycles. The van der Waals surface area contributed by atoms with Crippen LogP contribution < -0.4 is 14.2 Å². The molecule has 0 N–H and O–H groups in total. The van der Waals surface area contributed by atoms with Crippen molar-refractivity contribution in [2.45, 2.75) is 6.54 Å². The summed E-state index contributed by atoms with van der Waals surface area (Å²) in [5.74, 6) is 6.33. The predicted molar refractivity (Wildman–Crippen MR) is 99.8 cm³/mol. The fourth-order valence-electron chi connectivity index (χ4n) is 2.57. The maximum atomic E-state index is 14.2. The van der Waals surface area contributed by atoms with Crippen LogP contribution in [0.1, 0.15) is 16.7 Å². The van der Waals surface area contributed by atoms with E-state index in [2.05, 4.69) is 16.9 Å². The molecule has 0 saturated carbocycles. The Hall–Kier alpha value is -3.46. The zero-order valence-corrected chi connectivity index (χ0v) is 15.3. The zero-order chi connectivity index (χ0) is 19.2. The third-order valence-electron chi connectivity index (χ3n) is 3.96. The molecule has 0 aliphatic carbocycles. The van der Waals surface area contributed by atoms with E-state index in [4.69, 9.17) is 14.2 Å². The Morgan fingerprint density at radius 1 is 0.963 bits per heavy atom. The molecule has 3 aromatic rings. The van der Waals surface area contributed by atoms with Crippen molar-refractivity contribution in [1.82, 2.24) is 9.78 Å². The van der Waals surface area contributed by atoms with E-state index >= 15 is 0 Å². The van der Waals surface area contributed by atoms with Gasteiger partial charge in [-0.15, -0.1) is 0 Å². The first kappa shape index (κ1) is 18.3. The second-order valence-electron chi connectivity index (χ2n) is 5.69. The zero-order valence-electron chi connectivity index (χ0n) is 15.3. The van der Waals surface area contributed by atoms with Gasteiger partial charge < -0.3 is 14.2 Å². The van der Waals surface area contributed by atoms with Crippen molar-refractivity contribution in [3.63, 3.8) is 0 Å². The van der Waals surface area contributed by atoms with E-state index in [9.17, 15) is 4.39 Å². The third kappa shape index (κ3) is 4.21. The molecule has 0 unspecified atom stereocenters. The fourth-order valence-corrected chi connectivity index (χ4v) is 2.57. The maximum Gasteiger partial charge on any atom is 0.208 e. The Morgan fingerprint density at radius 2 is 1.74 bits per heavy atom. The van der Waals surface area contributed by atoms with Crippen molar-refractivity contribution in [2.75, 3.05) is 21.3 Å². The summed E-state index contributed by atoms with van der Waals surface area (Å²) in [6, 6.07) is 11.0. The van der Waals surface area contributed by atoms with Gasteiger partial charge in [0.25, 0.3) is 0 Å². The Labute approximate surface area is 157 Å². The van der Waals surface area contributed by atoms with Gasteiger partial charge in [-0.25, -0.2) is 0 Å². The van der Waals surface area contributed by atoms with Crippen LogP contribution in [0, 0.1) is 17.7 Å². The summed E-state index contributed by atoms with van der Waals surface area (Å²) in [7, 11) is 4.44. The van der Waals surface area contributed by atoms with E-state index in [1.165, 1.54) is 20.3 Å². The van der Waals surface area contributed by atoms with E-state index in [1.807, 2.05) is 30.5 Å². The SMILES string of the molecule is COc1ccc(Cn2cc(C#Cc3ccc(OC)c(F)c3OC)cn2)cc1. The number of rotatable bonds is 5. The molecule has 0 saturated heterocycles. The predicted octanol–water partition coefficient (Wildman–Crippen LogP) is 3.50. The van der Waals surface area contributed by atoms with Gasteiger partial charge in [-0.05, 0) is 29.8 Å². The molecule has 0 aliphatic rings. The van der Waals surface area contributed by atoms with Gasteiger partial charge in [0, 0.05) is 6.20 Å². The summed E-state index contributed by atoms with van der Waals surface area (Å²) in [6.07, 6.45) is 3.51. The first-order valence-corrected chi connectivity index (χ1v) is 8.22. The second kappa shape index (κ2) is 8.28. The van der Waals surface area contributed by atoms with Gasteiger partial charge in [-0.3, -0.25) is 4.68 Å². The molecule has 6 heteroatoms. The Kier molecular flexibility index (Phi) is 5.62. The quantitative estimate of drug-likeness (QED) is 0.649. The summed E-state index contributed by atoms with van der Waals surface area (Å²) in [5, 5.41) is 4.31. The standard InChI is InChI=1S/C21H19FN2O3/c1-25-18-9-5-15(6-10-18)13-24-14-16(12-23-24)4-7-17-8-11-19(26-2)20(22)21(17)27-3/h5-6,8-12,14H,13H2,1-3H3. The monoisotopic (exact) mass is 366 g/mol. The van der Waals surface area contributed by atoms with Crippen LogP contribution >= 0.6 is 0 Å². The fraction of sp³-hybridized carbons (Fsp3) is 0.190. The highest BCUT2D eigenvalue weighted by Gasteiger charge is 2.13. The van der Waals surface area contributed by atoms with Crippen molar-refractivity contribution in [3.8, 4) is 29.1 Å². The van der Waals surface area contributed by atoms with Crippen molar-refractivity contribution in [1.29, 1.82) is 0 Å². The van der Waals surface area contributed by atoms with E-state index < -0.39 is 5.82 Å². The lowest BCUT2D eigenvalue weighted by Crippen LogP contribution is -1.99. The highest BCUT2D eigenvalue weighted by atomic mass is 19.1. The molecular weight excluding hydrogens is 347 g/mol. The second-order valence-corrected chi connectivity index (χ2v) is 5.69. The summed E-state index contributed by atoms with van der Waals surface area (Å²) in [6.45, 7) is 0.617. The Balaban J connectivity index is 1.77. The lowest BCUT2D eigenvalue weighted by atomic mass is 10.1. The Bertz CT molecular complexity index is 985. The summed E-state index contributed by atoms with van der Waals surface area (Å²) in [4.78, 5) is 0. The Morgan fingerprint density at radius 3 is 2.41 bits per heavy atom. The topological polar surface area (TPSA) is 45.5 Å². The van der Waals surface area contributed by atoms with Crippen LogP contribution in [0.15, 0.2) is 48.8 Å². The number of halogens is 1. The van der Waals surface area contributed by atoms with Crippen LogP contribution in [-0.2, 0) is 6.54 Å². The van der Waals surface area contributed by atoms with E-state index in [0.29, 0.717) is 12.1 Å². The van der Waals surface area contributed by atoms with Gasteiger partial charge in [0.1, 0.15) is 5.75 Å². The summed E-state index contributed by atoms with van der Waals surface area (Å²) >= 11 is 0. The molecule has 0 aliphatic heterocycles. The molecule has 2 aromatic carbocycles. The molecule has 27 heavy (non-hydrogen) atoms. The van der Waals surface area contributed by atoms with Crippen molar-refractivity contribution in [3.05, 3.63) is 71.3 Å². The van der Waals surface area contributed by atoms with E-state index in [0.717, 1.165) is 16.9 Å². The third-order valence-corrected chi connectivity index (χ3v) is 3.96. The van der Waals surface area contributed by atoms with Gasteiger partial charge in [0.2, 0.25) is 5.82 Å². The minimum atomic E-state index is -0.568. The molecule has 0 amide bonds. The van der Waals surface area contributed by atoms with Crippen LogP contribution in [-0.4, -0.2) is 31.1 Å². The van der Waals surface area contributed by atoms with Crippen LogP contribution in [0.5, 0.6) is 17.2 Å². The van der Waals surface area contributed by atoms with E-state index in [-0.39, 0.29) is 11.5 Å². The van der Waals surface area contributed by atoms with Crippen molar-refractivity contribution in [2.24, 2.45) is 0 Å². The molecule has 0 bridgehead atoms. The number of methoxy groups -OCH3 is 3. The molecule has 0 radical (unpaired) electrons. The molecule has 0 fully saturated rings. The van der Waals surface area contributed by atoms with Gasteiger partial charge in [0.15, 0.2) is 11.5 Å². The first-order chi connectivity index (χ1) is 13.1. The van der Waals surface area contributed by atoms with Gasteiger partial charge in [0.05, 0.1) is 45.2 Å². The highest BCUT2D eigenvalue weighted by Crippen LogP contribution is 2.29. The number of hydrogen-bond acceptors (Lipinski definition) is 4. The minimum absolute atomic E-state index is 0.0625. The molecule has 5 nitrogen and oxygen atoms in total. The molecule has 138 valence electrons. The number of nitrogens with zero attached hydrogens (tertiary/aromatic N) is 2. The average molecular weight is 366 g/mol. The van der Waals surface area contributed by atoms with E-state index in [1.54, 1.807) is 24.1 Å². The first-order valence-electron chi connectivity index (χ1n) is 8.22. The number of ether oxygens (including phenoxy) is 3. The van der Waals surface area contributed by atoms with Gasteiger partial charge >= 0.3 is 0 Å². The molecule has 3 rings (SSSR count). The van der Waals surface area contributed by atoms with Crippen molar-refractivity contribution >= 4 is 0 Å². The number of hydrogen-bond donors (Lipinski definition) is 0. The van der Waals surface area contributed by atoms with Gasteiger partial charge in [-0.2, -0.15) is 9.49 Å². The molecule has 0 spiro atoms. The number of aromatic nitrogens is 2. The number of benzene rings is 2. The largest absolute Gasteiger partial charge is 0.497 e. The minimum Gasteiger partial charge on any atom is -0.497 e. The molecule has 0 atom stereocenters. The van der Waals surface area contributed by atoms with Crippen LogP contribution in [0.3, 0.4) is 0 Å². The normalized spacial score (nSPS) is 10.1.